The topological polar surface area (TPSA) is 63.5 Å². The van der Waals surface area contributed by atoms with Crippen molar-refractivity contribution in [3.8, 4) is 11.5 Å². The third-order valence-corrected chi connectivity index (χ3v) is 5.64. The number of furan rings is 1. The van der Waals surface area contributed by atoms with Crippen LogP contribution in [0.1, 0.15) is 29.5 Å². The molecule has 2 aromatic carbocycles. The molecule has 30 heavy (non-hydrogen) atoms. The van der Waals surface area contributed by atoms with Crippen molar-refractivity contribution in [1.82, 2.24) is 15.1 Å². The highest BCUT2D eigenvalue weighted by Crippen LogP contribution is 2.31. The number of likely N-dealkylation sites (tertiary alicyclic amines) is 1. The Kier molecular flexibility index (Phi) is 5.15. The molecule has 154 valence electrons. The maximum atomic E-state index is 6.07. The number of aromatic nitrogens is 2. The summed E-state index contributed by atoms with van der Waals surface area (Å²) in [6, 6.07) is 20.1. The molecule has 6 nitrogen and oxygen atoms in total. The summed E-state index contributed by atoms with van der Waals surface area (Å²) in [6.45, 7) is 3.29. The predicted molar refractivity (Wildman–Crippen MR) is 115 cm³/mol. The van der Waals surface area contributed by atoms with E-state index < -0.39 is 0 Å². The molecule has 0 saturated carbocycles. The van der Waals surface area contributed by atoms with Gasteiger partial charge in [0.2, 0.25) is 0 Å². The molecule has 1 unspecified atom stereocenters. The lowest BCUT2D eigenvalue weighted by molar-refractivity contribution is 0.296. The minimum atomic E-state index is 0.422. The van der Waals surface area contributed by atoms with E-state index in [4.69, 9.17) is 13.9 Å². The van der Waals surface area contributed by atoms with Crippen LogP contribution < -0.4 is 9.47 Å². The molecule has 0 amide bonds. The van der Waals surface area contributed by atoms with Crippen molar-refractivity contribution in [3.63, 3.8) is 0 Å². The average molecular weight is 403 g/mol. The number of nitrogens with one attached hydrogen (secondary N) is 1. The molecule has 4 aromatic rings. The van der Waals surface area contributed by atoms with Crippen molar-refractivity contribution >= 4 is 11.0 Å². The van der Waals surface area contributed by atoms with Gasteiger partial charge in [-0.3, -0.25) is 10.00 Å². The Morgan fingerprint density at radius 1 is 1.13 bits per heavy atom. The van der Waals surface area contributed by atoms with Gasteiger partial charge in [0.1, 0.15) is 18.1 Å². The molecule has 6 heteroatoms. The number of benzene rings is 2. The van der Waals surface area contributed by atoms with E-state index in [1.807, 2.05) is 42.5 Å². The summed E-state index contributed by atoms with van der Waals surface area (Å²) in [7, 11) is 1.67. The Hall–Kier alpha value is -3.25. The van der Waals surface area contributed by atoms with Crippen LogP contribution in [-0.2, 0) is 13.2 Å². The van der Waals surface area contributed by atoms with Gasteiger partial charge in [-0.05, 0) is 43.3 Å². The third kappa shape index (κ3) is 3.91. The number of methoxy groups -OCH3 is 1. The molecular weight excluding hydrogens is 378 g/mol. The summed E-state index contributed by atoms with van der Waals surface area (Å²) in [6.07, 6.45) is 1.09. The summed E-state index contributed by atoms with van der Waals surface area (Å²) in [5, 5.41) is 8.74. The Morgan fingerprint density at radius 3 is 2.90 bits per heavy atom. The predicted octanol–water partition coefficient (Wildman–Crippen LogP) is 4.73. The fraction of sp³-hybridized carbons (Fsp3) is 0.292. The number of nitrogens with zero attached hydrogens (tertiary/aromatic N) is 2. The summed E-state index contributed by atoms with van der Waals surface area (Å²) in [5.74, 6) is 3.03. The Labute approximate surface area is 175 Å². The van der Waals surface area contributed by atoms with Crippen LogP contribution in [0.5, 0.6) is 11.5 Å². The van der Waals surface area contributed by atoms with Crippen LogP contribution >= 0.6 is 0 Å². The normalized spacial score (nSPS) is 16.9. The lowest BCUT2D eigenvalue weighted by atomic mass is 10.1. The molecule has 1 aliphatic heterocycles. The molecule has 0 bridgehead atoms. The molecule has 1 N–H and O–H groups in total. The maximum absolute atomic E-state index is 6.07. The second kappa shape index (κ2) is 8.24. The first-order chi connectivity index (χ1) is 14.8. The zero-order valence-corrected chi connectivity index (χ0v) is 17.0. The second-order valence-corrected chi connectivity index (χ2v) is 7.73. The number of fused-ring (bicyclic) bond motifs is 1. The second-order valence-electron chi connectivity index (χ2n) is 7.73. The first kappa shape index (κ1) is 18.8. The highest BCUT2D eigenvalue weighted by molar-refractivity contribution is 5.83. The fourth-order valence-electron chi connectivity index (χ4n) is 4.11. The van der Waals surface area contributed by atoms with Gasteiger partial charge in [-0.15, -0.1) is 0 Å². The number of para-hydroxylation sites is 2. The number of hydrogen-bond acceptors (Lipinski definition) is 5. The number of aromatic amines is 1. The van der Waals surface area contributed by atoms with Gasteiger partial charge in [-0.2, -0.15) is 5.10 Å². The van der Waals surface area contributed by atoms with Gasteiger partial charge in [0.05, 0.1) is 25.0 Å². The van der Waals surface area contributed by atoms with Gasteiger partial charge >= 0.3 is 0 Å². The molecule has 1 fully saturated rings. The van der Waals surface area contributed by atoms with Crippen molar-refractivity contribution in [2.45, 2.75) is 25.5 Å². The van der Waals surface area contributed by atoms with Crippen molar-refractivity contribution in [3.05, 3.63) is 77.8 Å². The van der Waals surface area contributed by atoms with E-state index in [1.165, 1.54) is 0 Å². The molecule has 0 radical (unpaired) electrons. The molecule has 1 saturated heterocycles. The van der Waals surface area contributed by atoms with E-state index in [-0.39, 0.29) is 0 Å². The standard InChI is InChI=1S/C24H25N3O3/c1-28-23-9-5-6-17-12-21(30-24(17)23)15-27-11-10-18(14-27)22-13-19(25-26-22)16-29-20-7-3-2-4-8-20/h2-9,12-13,18H,10-11,14-16H2,1H3,(H,25,26). The molecule has 5 rings (SSSR count). The number of H-pyrrole nitrogens is 1. The van der Waals surface area contributed by atoms with E-state index in [9.17, 15) is 0 Å². The van der Waals surface area contributed by atoms with E-state index >= 15 is 0 Å². The van der Waals surface area contributed by atoms with Crippen molar-refractivity contribution < 1.29 is 13.9 Å². The van der Waals surface area contributed by atoms with Crippen LogP contribution in [0.3, 0.4) is 0 Å². The van der Waals surface area contributed by atoms with Crippen LogP contribution in [0.4, 0.5) is 0 Å². The van der Waals surface area contributed by atoms with Crippen molar-refractivity contribution in [1.29, 1.82) is 0 Å². The van der Waals surface area contributed by atoms with E-state index in [2.05, 4.69) is 33.3 Å². The van der Waals surface area contributed by atoms with Gasteiger partial charge in [0.25, 0.3) is 0 Å². The fourth-order valence-corrected chi connectivity index (χ4v) is 4.11. The Balaban J connectivity index is 1.20. The number of hydrogen-bond donors (Lipinski definition) is 1. The highest BCUT2D eigenvalue weighted by atomic mass is 16.5. The lowest BCUT2D eigenvalue weighted by Crippen LogP contribution is -2.19. The Morgan fingerprint density at radius 2 is 2.03 bits per heavy atom. The highest BCUT2D eigenvalue weighted by Gasteiger charge is 2.26. The Bertz CT molecular complexity index is 1120. The number of rotatable bonds is 7. The van der Waals surface area contributed by atoms with Gasteiger partial charge in [0.15, 0.2) is 11.3 Å². The summed E-state index contributed by atoms with van der Waals surface area (Å²) < 4.78 is 17.3. The van der Waals surface area contributed by atoms with E-state index in [0.717, 1.165) is 65.7 Å². The van der Waals surface area contributed by atoms with Gasteiger partial charge in [0, 0.05) is 17.8 Å². The van der Waals surface area contributed by atoms with Crippen LogP contribution in [0, 0.1) is 0 Å². The van der Waals surface area contributed by atoms with Crippen LogP contribution in [-0.4, -0.2) is 35.3 Å². The van der Waals surface area contributed by atoms with Crippen molar-refractivity contribution in [2.75, 3.05) is 20.2 Å². The minimum absolute atomic E-state index is 0.422. The van der Waals surface area contributed by atoms with E-state index in [1.54, 1.807) is 7.11 Å². The van der Waals surface area contributed by atoms with Gasteiger partial charge in [-0.1, -0.05) is 30.3 Å². The largest absolute Gasteiger partial charge is 0.493 e. The zero-order chi connectivity index (χ0) is 20.3. The average Bonchev–Trinajstić information content (AvgIpc) is 3.52. The van der Waals surface area contributed by atoms with E-state index in [0.29, 0.717) is 12.5 Å². The molecule has 0 spiro atoms. The molecule has 1 atom stereocenters. The zero-order valence-electron chi connectivity index (χ0n) is 17.0. The summed E-state index contributed by atoms with van der Waals surface area (Å²) >= 11 is 0. The van der Waals surface area contributed by atoms with Gasteiger partial charge in [-0.25, -0.2) is 0 Å². The monoisotopic (exact) mass is 403 g/mol. The summed E-state index contributed by atoms with van der Waals surface area (Å²) in [5.41, 5.74) is 2.92. The van der Waals surface area contributed by atoms with Crippen LogP contribution in [0.15, 0.2) is 65.1 Å². The molecule has 0 aliphatic carbocycles. The molecule has 1 aliphatic rings. The summed E-state index contributed by atoms with van der Waals surface area (Å²) in [4.78, 5) is 2.42. The lowest BCUT2D eigenvalue weighted by Gasteiger charge is -2.13. The van der Waals surface area contributed by atoms with Crippen LogP contribution in [0.2, 0.25) is 0 Å². The first-order valence-corrected chi connectivity index (χ1v) is 10.3. The third-order valence-electron chi connectivity index (χ3n) is 5.64. The van der Waals surface area contributed by atoms with Gasteiger partial charge < -0.3 is 13.9 Å². The SMILES string of the molecule is COc1cccc2cc(CN3CCC(c4cc(COc5ccccc5)[nH]n4)C3)oc12. The first-order valence-electron chi connectivity index (χ1n) is 10.3. The molecular formula is C24H25N3O3. The minimum Gasteiger partial charge on any atom is -0.493 e. The van der Waals surface area contributed by atoms with Crippen LogP contribution in [0.25, 0.3) is 11.0 Å². The number of ether oxygens (including phenoxy) is 2. The molecule has 2 aromatic heterocycles. The van der Waals surface area contributed by atoms with Crippen molar-refractivity contribution in [2.24, 2.45) is 0 Å². The quantitative estimate of drug-likeness (QED) is 0.483. The smallest absolute Gasteiger partial charge is 0.176 e. The molecule has 3 heterocycles. The maximum Gasteiger partial charge on any atom is 0.176 e.